The number of fused-ring (bicyclic) bond motifs is 3. The fraction of sp³-hybridized carbons (Fsp3) is 0.250. The topological polar surface area (TPSA) is 48.8 Å². The van der Waals surface area contributed by atoms with E-state index < -0.39 is 0 Å². The van der Waals surface area contributed by atoms with Crippen molar-refractivity contribution < 1.29 is 24.5 Å². The van der Waals surface area contributed by atoms with Gasteiger partial charge in [-0.3, -0.25) is 9.97 Å². The fourth-order valence-electron chi connectivity index (χ4n) is 7.36. The van der Waals surface area contributed by atoms with E-state index in [2.05, 4.69) is 154 Å². The third kappa shape index (κ3) is 7.38. The number of hydrogen-bond acceptors (Lipinski definition) is 3. The summed E-state index contributed by atoms with van der Waals surface area (Å²) >= 11 is 0. The minimum atomic E-state index is 0. The smallest absolute Gasteiger partial charge is 0.140 e. The van der Waals surface area contributed by atoms with E-state index in [1.165, 1.54) is 44.4 Å². The second-order valence-corrected chi connectivity index (χ2v) is 14.9. The molecular weight excluding hydrogens is 841 g/mol. The van der Waals surface area contributed by atoms with Gasteiger partial charge >= 0.3 is 0 Å². The second kappa shape index (κ2) is 16.5. The molecule has 0 saturated heterocycles. The van der Waals surface area contributed by atoms with Gasteiger partial charge in [0.2, 0.25) is 0 Å². The van der Waals surface area contributed by atoms with Crippen LogP contribution in [0.1, 0.15) is 101 Å². The number of nitrogens with zero attached hydrogens (tertiary/aromatic N) is 4. The molecule has 8 rings (SSSR count). The predicted octanol–water partition coefficient (Wildman–Crippen LogP) is 13.1. The summed E-state index contributed by atoms with van der Waals surface area (Å²) in [4.78, 5) is 9.28. The van der Waals surface area contributed by atoms with Crippen LogP contribution in [-0.2, 0) is 20.1 Å². The molecule has 0 atom stereocenters. The summed E-state index contributed by atoms with van der Waals surface area (Å²) in [5.41, 5.74) is 11.6. The molecule has 277 valence electrons. The van der Waals surface area contributed by atoms with Crippen LogP contribution in [0.4, 0.5) is 0 Å². The summed E-state index contributed by atoms with van der Waals surface area (Å²) in [6.45, 7) is 18.0. The van der Waals surface area contributed by atoms with Gasteiger partial charge in [0, 0.05) is 72.6 Å². The maximum atomic E-state index is 6.42. The minimum Gasteiger partial charge on any atom is -0.456 e. The number of rotatable bonds is 8. The normalized spacial score (nSPS) is 11.5. The molecule has 0 amide bonds. The molecule has 0 N–H and O–H groups in total. The van der Waals surface area contributed by atoms with Crippen LogP contribution in [0.25, 0.3) is 56.1 Å². The van der Waals surface area contributed by atoms with Gasteiger partial charge in [-0.2, -0.15) is 0 Å². The van der Waals surface area contributed by atoms with E-state index in [0.717, 1.165) is 33.9 Å². The van der Waals surface area contributed by atoms with Crippen LogP contribution in [-0.4, -0.2) is 19.1 Å². The summed E-state index contributed by atoms with van der Waals surface area (Å²) in [5, 5.41) is 2.36. The van der Waals surface area contributed by atoms with Crippen molar-refractivity contribution in [3.63, 3.8) is 0 Å². The number of aromatic nitrogens is 4. The summed E-state index contributed by atoms with van der Waals surface area (Å²) < 4.78 is 10.9. The average molecular weight is 889 g/mol. The zero-order valence-corrected chi connectivity index (χ0v) is 34.8. The molecular formula is C48H48IrN4O-2. The van der Waals surface area contributed by atoms with Gasteiger partial charge in [-0.15, -0.1) is 71.8 Å². The molecule has 6 heteroatoms. The van der Waals surface area contributed by atoms with E-state index in [4.69, 9.17) is 4.42 Å². The van der Waals surface area contributed by atoms with Gasteiger partial charge in [-0.1, -0.05) is 91.8 Å². The van der Waals surface area contributed by atoms with Gasteiger partial charge in [0.1, 0.15) is 11.2 Å². The molecule has 0 aliphatic heterocycles. The third-order valence-corrected chi connectivity index (χ3v) is 9.91. The molecule has 0 bridgehead atoms. The molecule has 5 nitrogen and oxygen atoms in total. The average Bonchev–Trinajstić information content (AvgIpc) is 3.93. The molecule has 0 saturated carbocycles. The summed E-state index contributed by atoms with van der Waals surface area (Å²) in [5.74, 6) is 3.40. The number of para-hydroxylation sites is 2. The molecule has 0 fully saturated rings. The van der Waals surface area contributed by atoms with Crippen molar-refractivity contribution in [3.8, 4) is 34.2 Å². The van der Waals surface area contributed by atoms with Crippen molar-refractivity contribution in [2.24, 2.45) is 0 Å². The third-order valence-electron chi connectivity index (χ3n) is 9.91. The molecule has 0 aliphatic rings. The van der Waals surface area contributed by atoms with Crippen LogP contribution < -0.4 is 0 Å². The molecule has 3 heterocycles. The monoisotopic (exact) mass is 889 g/mol. The Morgan fingerprint density at radius 1 is 0.537 bits per heavy atom. The number of benzene rings is 5. The maximum Gasteiger partial charge on any atom is 0.140 e. The Morgan fingerprint density at radius 3 is 1.56 bits per heavy atom. The van der Waals surface area contributed by atoms with Crippen LogP contribution in [0.15, 0.2) is 126 Å². The zero-order valence-electron chi connectivity index (χ0n) is 32.4. The molecule has 5 aromatic carbocycles. The Labute approximate surface area is 333 Å². The maximum absolute atomic E-state index is 6.42. The number of furan rings is 1. The van der Waals surface area contributed by atoms with Crippen molar-refractivity contribution in [1.29, 1.82) is 0 Å². The largest absolute Gasteiger partial charge is 0.456 e. The van der Waals surface area contributed by atoms with Gasteiger partial charge in [-0.25, -0.2) is 0 Å². The summed E-state index contributed by atoms with van der Waals surface area (Å²) in [7, 11) is 0. The number of imidazole rings is 2. The zero-order chi connectivity index (χ0) is 37.2. The molecule has 8 aromatic rings. The Hall–Kier alpha value is -5.03. The molecule has 0 aliphatic carbocycles. The van der Waals surface area contributed by atoms with E-state index in [1.807, 2.05) is 54.9 Å². The Bertz CT molecular complexity index is 2440. The van der Waals surface area contributed by atoms with Gasteiger partial charge in [0.25, 0.3) is 0 Å². The van der Waals surface area contributed by atoms with E-state index in [-0.39, 0.29) is 26.0 Å². The van der Waals surface area contributed by atoms with Crippen LogP contribution >= 0.6 is 0 Å². The summed E-state index contributed by atoms with van der Waals surface area (Å²) in [6.07, 6.45) is 7.85. The van der Waals surface area contributed by atoms with Crippen LogP contribution in [0.2, 0.25) is 0 Å². The van der Waals surface area contributed by atoms with Crippen molar-refractivity contribution in [3.05, 3.63) is 156 Å². The van der Waals surface area contributed by atoms with Gasteiger partial charge in [0.05, 0.1) is 11.6 Å². The molecule has 0 spiro atoms. The van der Waals surface area contributed by atoms with Crippen molar-refractivity contribution in [2.75, 3.05) is 0 Å². The first-order chi connectivity index (χ1) is 25.7. The van der Waals surface area contributed by atoms with Crippen LogP contribution in [0, 0.1) is 12.1 Å². The fourth-order valence-corrected chi connectivity index (χ4v) is 7.36. The second-order valence-electron chi connectivity index (χ2n) is 14.9. The molecule has 54 heavy (non-hydrogen) atoms. The predicted molar refractivity (Wildman–Crippen MR) is 219 cm³/mol. The van der Waals surface area contributed by atoms with E-state index in [1.54, 1.807) is 0 Å². The van der Waals surface area contributed by atoms with E-state index in [0.29, 0.717) is 17.8 Å². The molecule has 0 unspecified atom stereocenters. The first-order valence-electron chi connectivity index (χ1n) is 18.8. The molecule has 3 aromatic heterocycles. The van der Waals surface area contributed by atoms with Crippen LogP contribution in [0.5, 0.6) is 0 Å². The first-order valence-corrected chi connectivity index (χ1v) is 18.8. The molecule has 1 radical (unpaired) electrons. The Morgan fingerprint density at radius 2 is 1.06 bits per heavy atom. The number of hydrogen-bond donors (Lipinski definition) is 0. The standard InChI is InChI=1S/C27H25N2O.C21H23N2.Ir/c1-17(2)21-16-22-20-12-8-9-13-23(20)30-26(22)24(18(3)4)25(21)29-15-14-28-27(29)19-10-6-5-7-11-19;1-15(2)18-11-8-12-19(16(3)4)20(18)23-14-13-22-21(23)17-9-6-5-7-10-17;/h5-10,12-18H,1-4H3;5-9,11-16H,1-4H3;/q2*-1;. The Balaban J connectivity index is 0.000000187. The van der Waals surface area contributed by atoms with Crippen molar-refractivity contribution in [1.82, 2.24) is 19.1 Å². The van der Waals surface area contributed by atoms with Crippen molar-refractivity contribution in [2.45, 2.75) is 79.1 Å². The summed E-state index contributed by atoms with van der Waals surface area (Å²) in [6, 6.07) is 39.9. The van der Waals surface area contributed by atoms with Gasteiger partial charge in [0.15, 0.2) is 0 Å². The first kappa shape index (κ1) is 38.7. The van der Waals surface area contributed by atoms with E-state index in [9.17, 15) is 0 Å². The van der Waals surface area contributed by atoms with Gasteiger partial charge < -0.3 is 13.6 Å². The Kier molecular flexibility index (Phi) is 11.9. The van der Waals surface area contributed by atoms with Crippen LogP contribution in [0.3, 0.4) is 0 Å². The quantitative estimate of drug-likeness (QED) is 0.143. The van der Waals surface area contributed by atoms with Crippen molar-refractivity contribution >= 4 is 21.9 Å². The SMILES string of the molecule is CC(C)c1cc2c(oc3ccccc32)c(C(C)C)c1-n1ccnc1-c1[c-]cccc1.CC(C)c1cccc(C(C)C)c1-n1ccnc1-c1[c-]cccc1.[Ir]. The minimum absolute atomic E-state index is 0. The van der Waals surface area contributed by atoms with E-state index >= 15 is 0 Å². The van der Waals surface area contributed by atoms with Gasteiger partial charge in [-0.05, 0) is 52.5 Å².